The van der Waals surface area contributed by atoms with Crippen LogP contribution in [-0.2, 0) is 16.7 Å². The van der Waals surface area contributed by atoms with Crippen molar-refractivity contribution in [3.8, 4) is 0 Å². The van der Waals surface area contributed by atoms with E-state index in [-0.39, 0.29) is 20.7 Å². The zero-order valence-electron chi connectivity index (χ0n) is 22.9. The van der Waals surface area contributed by atoms with Gasteiger partial charge in [-0.15, -0.1) is 0 Å². The fourth-order valence-corrected chi connectivity index (χ4v) is 9.49. The molecule has 0 radical (unpaired) electrons. The molecule has 0 unspecified atom stereocenters. The number of nitrogens with zero attached hydrogens (tertiary/aromatic N) is 2. The summed E-state index contributed by atoms with van der Waals surface area (Å²) in [6.07, 6.45) is 6.64. The zero-order chi connectivity index (χ0) is 27.7. The molecule has 1 aromatic heterocycles. The summed E-state index contributed by atoms with van der Waals surface area (Å²) in [6, 6.07) is 17.6. The van der Waals surface area contributed by atoms with Gasteiger partial charge in [-0.25, -0.2) is 0 Å². The second-order valence-electron chi connectivity index (χ2n) is 10.0. The van der Waals surface area contributed by atoms with Crippen molar-refractivity contribution in [2.45, 2.75) is 53.5 Å². The molecule has 0 amide bonds. The fourth-order valence-electron chi connectivity index (χ4n) is 5.10. The van der Waals surface area contributed by atoms with Gasteiger partial charge < -0.3 is 0 Å². The normalized spacial score (nSPS) is 15.2. The number of benzene rings is 3. The van der Waals surface area contributed by atoms with Crippen LogP contribution in [0.25, 0.3) is 27.1 Å². The van der Waals surface area contributed by atoms with E-state index in [0.29, 0.717) is 19.4 Å². The average molecular weight is 626 g/mol. The molecule has 1 aliphatic rings. The Labute approximate surface area is 241 Å². The van der Waals surface area contributed by atoms with E-state index in [1.807, 2.05) is 11.3 Å². The van der Waals surface area contributed by atoms with Gasteiger partial charge >= 0.3 is 243 Å². The Bertz CT molecular complexity index is 1720. The van der Waals surface area contributed by atoms with Crippen LogP contribution in [0.3, 0.4) is 0 Å². The third-order valence-electron chi connectivity index (χ3n) is 7.33. The van der Waals surface area contributed by atoms with Crippen LogP contribution in [-0.4, -0.2) is 40.2 Å². The number of anilines is 1. The van der Waals surface area contributed by atoms with E-state index in [9.17, 15) is 13.0 Å². The Hall–Kier alpha value is -2.48. The third kappa shape index (κ3) is 6.01. The number of aryl methyl sites for hydroxylation is 3. The molecule has 4 aromatic rings. The molecule has 0 bridgehead atoms. The second kappa shape index (κ2) is 11.6. The number of allylic oxidation sites excluding steroid dienone is 2. The van der Waals surface area contributed by atoms with Crippen molar-refractivity contribution >= 4 is 73.6 Å². The Morgan fingerprint density at radius 2 is 1.85 bits per heavy atom. The van der Waals surface area contributed by atoms with Crippen LogP contribution in [0.1, 0.15) is 49.2 Å². The van der Waals surface area contributed by atoms with Crippen LogP contribution in [0.5, 0.6) is 0 Å². The number of hydrogen-bond donors (Lipinski definition) is 0. The van der Waals surface area contributed by atoms with Crippen molar-refractivity contribution in [3.05, 3.63) is 80.9 Å². The van der Waals surface area contributed by atoms with Crippen molar-refractivity contribution < 1.29 is 17.5 Å². The molecule has 0 saturated heterocycles. The Kier molecular flexibility index (Phi) is 8.32. The second-order valence-corrected chi connectivity index (χ2v) is 14.8. The molecule has 5 rings (SSSR count). The van der Waals surface area contributed by atoms with Crippen LogP contribution in [0.2, 0.25) is 0 Å². The molecular formula is C31H34N2O3S2Se. The molecule has 0 N–H and O–H groups in total. The first-order valence-corrected chi connectivity index (χ1v) is 17.6. The Morgan fingerprint density at radius 3 is 2.59 bits per heavy atom. The SMILES string of the molecule is CCC(=C/c1sc2ccc3ccccc3c2[n+]1CC)/C=C1\[Se]c2cc(C)c(C)cc2N1CCCCS(=O)(=O)[O-]. The van der Waals surface area contributed by atoms with Gasteiger partial charge in [0.15, 0.2) is 0 Å². The maximum absolute atomic E-state index is 11.1. The van der Waals surface area contributed by atoms with Crippen LogP contribution >= 0.6 is 11.3 Å². The van der Waals surface area contributed by atoms with Crippen molar-refractivity contribution in [2.75, 3.05) is 17.2 Å². The van der Waals surface area contributed by atoms with Crippen LogP contribution in [0.15, 0.2) is 64.8 Å². The number of hydrogen-bond acceptors (Lipinski definition) is 5. The summed E-state index contributed by atoms with van der Waals surface area (Å²) < 4.78 is 39.8. The van der Waals surface area contributed by atoms with Gasteiger partial charge in [0, 0.05) is 0 Å². The summed E-state index contributed by atoms with van der Waals surface area (Å²) in [5.74, 6) is -0.303. The molecule has 0 spiro atoms. The standard InChI is InChI=1S/C31H34N2O3S2Se/c1-5-23(19-29-32(6-2)31-25-12-8-7-11-24(25)13-14-27(31)37-29)20-30-33(15-9-10-16-38(34,35)36)26-17-21(3)22(4)18-28(26)39-30/h7-8,11-14,17-20H,5-6,9-10,15-16H2,1-4H3. The van der Waals surface area contributed by atoms with Crippen molar-refractivity contribution in [2.24, 2.45) is 0 Å². The number of rotatable bonds is 9. The topological polar surface area (TPSA) is 64.3 Å². The molecule has 0 aliphatic carbocycles. The van der Waals surface area contributed by atoms with Gasteiger partial charge in [-0.1, -0.05) is 0 Å². The van der Waals surface area contributed by atoms with Crippen LogP contribution < -0.4 is 13.9 Å². The van der Waals surface area contributed by atoms with Gasteiger partial charge in [0.1, 0.15) is 0 Å². The first-order valence-electron chi connectivity index (χ1n) is 13.4. The maximum atomic E-state index is 11.1. The fraction of sp³-hybridized carbons (Fsp3) is 0.323. The molecule has 5 nitrogen and oxygen atoms in total. The first-order chi connectivity index (χ1) is 18.7. The monoisotopic (exact) mass is 626 g/mol. The molecule has 1 aliphatic heterocycles. The van der Waals surface area contributed by atoms with Crippen LogP contribution in [0.4, 0.5) is 5.69 Å². The van der Waals surface area contributed by atoms with Gasteiger partial charge in [-0.05, 0) is 0 Å². The van der Waals surface area contributed by atoms with E-state index in [1.165, 1.54) is 57.4 Å². The molecule has 0 saturated carbocycles. The molecule has 204 valence electrons. The van der Waals surface area contributed by atoms with Crippen molar-refractivity contribution in [1.82, 2.24) is 0 Å². The van der Waals surface area contributed by atoms with Gasteiger partial charge in [0.25, 0.3) is 0 Å². The Balaban J connectivity index is 1.53. The quantitative estimate of drug-likeness (QED) is 0.102. The van der Waals surface area contributed by atoms with Gasteiger partial charge in [-0.2, -0.15) is 0 Å². The third-order valence-corrected chi connectivity index (χ3v) is 11.5. The number of unbranched alkanes of at least 4 members (excludes halogenated alkanes) is 1. The van der Waals surface area contributed by atoms with Gasteiger partial charge in [0.05, 0.1) is 0 Å². The molecule has 2 heterocycles. The van der Waals surface area contributed by atoms with E-state index in [2.05, 4.69) is 97.8 Å². The predicted molar refractivity (Wildman–Crippen MR) is 164 cm³/mol. The minimum absolute atomic E-state index is 0.157. The molecule has 0 atom stereocenters. The van der Waals surface area contributed by atoms with E-state index in [4.69, 9.17) is 0 Å². The molecular weight excluding hydrogens is 591 g/mol. The molecule has 8 heteroatoms. The van der Waals surface area contributed by atoms with E-state index < -0.39 is 10.1 Å². The van der Waals surface area contributed by atoms with Gasteiger partial charge in [0.2, 0.25) is 0 Å². The summed E-state index contributed by atoms with van der Waals surface area (Å²) in [5.41, 5.74) is 6.35. The Morgan fingerprint density at radius 1 is 1.08 bits per heavy atom. The van der Waals surface area contributed by atoms with Crippen molar-refractivity contribution in [1.29, 1.82) is 0 Å². The predicted octanol–water partition coefficient (Wildman–Crippen LogP) is 5.79. The summed E-state index contributed by atoms with van der Waals surface area (Å²) in [7, 11) is -4.19. The summed E-state index contributed by atoms with van der Waals surface area (Å²) in [5, 5.41) is 3.80. The summed E-state index contributed by atoms with van der Waals surface area (Å²) >= 11 is 1.99. The number of thiazole rings is 1. The molecule has 0 fully saturated rings. The minimum atomic E-state index is -4.19. The summed E-state index contributed by atoms with van der Waals surface area (Å²) in [4.78, 5) is 2.36. The first kappa shape index (κ1) is 28.1. The average Bonchev–Trinajstić information content (AvgIpc) is 3.42. The summed E-state index contributed by atoms with van der Waals surface area (Å²) in [6.45, 7) is 10.3. The van der Waals surface area contributed by atoms with E-state index in [1.54, 1.807) is 0 Å². The number of fused-ring (bicyclic) bond motifs is 4. The number of aromatic nitrogens is 1. The molecule has 39 heavy (non-hydrogen) atoms. The molecule has 3 aromatic carbocycles. The van der Waals surface area contributed by atoms with Crippen molar-refractivity contribution in [3.63, 3.8) is 0 Å². The zero-order valence-corrected chi connectivity index (χ0v) is 26.2. The van der Waals surface area contributed by atoms with E-state index >= 15 is 0 Å². The van der Waals surface area contributed by atoms with Crippen LogP contribution in [0, 0.1) is 13.8 Å². The van der Waals surface area contributed by atoms with E-state index in [0.717, 1.165) is 13.0 Å². The van der Waals surface area contributed by atoms with Gasteiger partial charge in [-0.3, -0.25) is 0 Å².